The van der Waals surface area contributed by atoms with Gasteiger partial charge in [0.15, 0.2) is 0 Å². The second-order valence-electron chi connectivity index (χ2n) is 1.67. The van der Waals surface area contributed by atoms with Gasteiger partial charge in [0, 0.05) is 5.38 Å². The first-order valence-electron chi connectivity index (χ1n) is 2.70. The number of nitrogens with zero attached hydrogens (tertiary/aromatic N) is 1. The topological polar surface area (TPSA) is 65.2 Å². The highest BCUT2D eigenvalue weighted by atomic mass is 79.9. The number of rotatable bonds is 2. The molecule has 1 aromatic rings. The first kappa shape index (κ1) is 8.48. The minimum absolute atomic E-state index is 0.144. The van der Waals surface area contributed by atoms with Gasteiger partial charge < -0.3 is 10.5 Å². The first-order valence-corrected chi connectivity index (χ1v) is 4.38. The van der Waals surface area contributed by atoms with Crippen LogP contribution in [0.5, 0.6) is 0 Å². The number of halogens is 1. The normalized spacial score (nSPS) is 9.55. The van der Waals surface area contributed by atoms with Crippen molar-refractivity contribution in [1.82, 2.24) is 4.98 Å². The van der Waals surface area contributed by atoms with Crippen LogP contribution in [0.2, 0.25) is 0 Å². The molecule has 0 aliphatic carbocycles. The molecule has 1 aromatic heterocycles. The van der Waals surface area contributed by atoms with Gasteiger partial charge >= 0.3 is 6.09 Å². The molecule has 1 amide bonds. The Bertz CT molecular complexity index is 263. The molecule has 0 fully saturated rings. The van der Waals surface area contributed by atoms with Crippen LogP contribution < -0.4 is 5.73 Å². The van der Waals surface area contributed by atoms with Gasteiger partial charge in [-0.2, -0.15) is 0 Å². The fourth-order valence-electron chi connectivity index (χ4n) is 0.488. The average molecular weight is 237 g/mol. The molecule has 1 rings (SSSR count). The van der Waals surface area contributed by atoms with Gasteiger partial charge in [0.05, 0.1) is 0 Å². The molecule has 0 unspecified atom stereocenters. The fourth-order valence-corrected chi connectivity index (χ4v) is 1.66. The van der Waals surface area contributed by atoms with Crippen molar-refractivity contribution in [1.29, 1.82) is 0 Å². The third kappa shape index (κ3) is 2.85. The zero-order valence-electron chi connectivity index (χ0n) is 5.41. The van der Waals surface area contributed by atoms with Gasteiger partial charge in [0.2, 0.25) is 0 Å². The molecule has 4 nitrogen and oxygen atoms in total. The lowest BCUT2D eigenvalue weighted by atomic mass is 10.7. The van der Waals surface area contributed by atoms with Gasteiger partial charge in [-0.15, -0.1) is 11.3 Å². The summed E-state index contributed by atoms with van der Waals surface area (Å²) in [5, 5.41) is 2.52. The van der Waals surface area contributed by atoms with E-state index in [2.05, 4.69) is 25.7 Å². The number of ether oxygens (including phenoxy) is 1. The number of amides is 1. The molecule has 6 heteroatoms. The zero-order valence-corrected chi connectivity index (χ0v) is 7.81. The van der Waals surface area contributed by atoms with Crippen LogP contribution in [0.1, 0.15) is 5.01 Å². The van der Waals surface area contributed by atoms with E-state index in [1.165, 1.54) is 11.3 Å². The fraction of sp³-hybridized carbons (Fsp3) is 0.200. The SMILES string of the molecule is NC(=O)OCc1nc(Br)cs1. The Hall–Kier alpha value is -0.620. The molecule has 0 radical (unpaired) electrons. The van der Waals surface area contributed by atoms with Crippen LogP contribution in [0, 0.1) is 0 Å². The van der Waals surface area contributed by atoms with E-state index >= 15 is 0 Å². The molecular formula is C5H5BrN2O2S. The third-order valence-corrected chi connectivity index (χ3v) is 2.39. The molecule has 2 N–H and O–H groups in total. The summed E-state index contributed by atoms with van der Waals surface area (Å²) in [6.07, 6.45) is -0.781. The number of carbonyl (C=O) groups excluding carboxylic acids is 1. The smallest absolute Gasteiger partial charge is 0.404 e. The summed E-state index contributed by atoms with van der Waals surface area (Å²) in [7, 11) is 0. The second kappa shape index (κ2) is 3.68. The summed E-state index contributed by atoms with van der Waals surface area (Å²) >= 11 is 4.57. The molecule has 11 heavy (non-hydrogen) atoms. The van der Waals surface area contributed by atoms with E-state index in [1.807, 2.05) is 0 Å². The first-order chi connectivity index (χ1) is 5.18. The Labute approximate surface area is 75.5 Å². The van der Waals surface area contributed by atoms with Crippen molar-refractivity contribution in [3.63, 3.8) is 0 Å². The number of nitrogens with two attached hydrogens (primary N) is 1. The van der Waals surface area contributed by atoms with Crippen LogP contribution in [0.4, 0.5) is 4.79 Å². The lowest BCUT2D eigenvalue weighted by Crippen LogP contribution is -2.12. The van der Waals surface area contributed by atoms with Crippen molar-refractivity contribution >= 4 is 33.4 Å². The van der Waals surface area contributed by atoms with Crippen molar-refractivity contribution in [2.45, 2.75) is 6.61 Å². The van der Waals surface area contributed by atoms with Gasteiger partial charge in [-0.1, -0.05) is 0 Å². The number of aromatic nitrogens is 1. The number of hydrogen-bond donors (Lipinski definition) is 1. The van der Waals surface area contributed by atoms with Gasteiger partial charge in [-0.25, -0.2) is 9.78 Å². The molecule has 60 valence electrons. The Morgan fingerprint density at radius 1 is 1.91 bits per heavy atom. The van der Waals surface area contributed by atoms with Crippen LogP contribution in [0.15, 0.2) is 9.98 Å². The van der Waals surface area contributed by atoms with Gasteiger partial charge in [0.25, 0.3) is 0 Å². The molecule has 0 aromatic carbocycles. The summed E-state index contributed by atoms with van der Waals surface area (Å²) in [5.74, 6) is 0. The molecule has 0 aliphatic rings. The summed E-state index contributed by atoms with van der Waals surface area (Å²) in [4.78, 5) is 14.1. The lowest BCUT2D eigenvalue weighted by molar-refractivity contribution is 0.150. The van der Waals surface area contributed by atoms with Crippen LogP contribution in [-0.2, 0) is 11.3 Å². The molecule has 0 aliphatic heterocycles. The van der Waals surface area contributed by atoms with E-state index < -0.39 is 6.09 Å². The van der Waals surface area contributed by atoms with Crippen molar-refractivity contribution < 1.29 is 9.53 Å². The highest BCUT2D eigenvalue weighted by molar-refractivity contribution is 9.10. The highest BCUT2D eigenvalue weighted by Gasteiger charge is 2.00. The summed E-state index contributed by atoms with van der Waals surface area (Å²) in [5.41, 5.74) is 4.75. The van der Waals surface area contributed by atoms with E-state index in [1.54, 1.807) is 5.38 Å². The van der Waals surface area contributed by atoms with Crippen LogP contribution >= 0.6 is 27.3 Å². The Kier molecular flexibility index (Phi) is 2.84. The summed E-state index contributed by atoms with van der Waals surface area (Å²) in [6.45, 7) is 0.144. The van der Waals surface area contributed by atoms with Crippen LogP contribution in [0.3, 0.4) is 0 Å². The van der Waals surface area contributed by atoms with E-state index in [4.69, 9.17) is 5.73 Å². The molecule has 1 heterocycles. The van der Waals surface area contributed by atoms with Crippen molar-refractivity contribution in [2.75, 3.05) is 0 Å². The number of primary amides is 1. The van der Waals surface area contributed by atoms with Gasteiger partial charge in [0.1, 0.15) is 16.2 Å². The molecule has 0 saturated carbocycles. The average Bonchev–Trinajstić information content (AvgIpc) is 2.31. The Morgan fingerprint density at radius 2 is 2.64 bits per heavy atom. The predicted molar refractivity (Wildman–Crippen MR) is 44.2 cm³/mol. The van der Waals surface area contributed by atoms with E-state index in [-0.39, 0.29) is 6.61 Å². The standard InChI is InChI=1S/C5H5BrN2O2S/c6-3-2-11-4(8-3)1-10-5(7)9/h2H,1H2,(H2,7,9). The van der Waals surface area contributed by atoms with Crippen LogP contribution in [-0.4, -0.2) is 11.1 Å². The van der Waals surface area contributed by atoms with Crippen molar-refractivity contribution in [2.24, 2.45) is 5.73 Å². The summed E-state index contributed by atoms with van der Waals surface area (Å²) in [6, 6.07) is 0. The van der Waals surface area contributed by atoms with E-state index in [0.29, 0.717) is 0 Å². The maximum Gasteiger partial charge on any atom is 0.404 e. The third-order valence-electron chi connectivity index (χ3n) is 0.862. The minimum Gasteiger partial charge on any atom is -0.442 e. The molecule has 0 atom stereocenters. The highest BCUT2D eigenvalue weighted by Crippen LogP contribution is 2.15. The molecule has 0 bridgehead atoms. The van der Waals surface area contributed by atoms with Crippen molar-refractivity contribution in [3.8, 4) is 0 Å². The number of thiazole rings is 1. The molecule has 0 saturated heterocycles. The van der Waals surface area contributed by atoms with E-state index in [0.717, 1.165) is 9.61 Å². The van der Waals surface area contributed by atoms with E-state index in [9.17, 15) is 4.79 Å². The van der Waals surface area contributed by atoms with Crippen molar-refractivity contribution in [3.05, 3.63) is 15.0 Å². The van der Waals surface area contributed by atoms with Crippen LogP contribution in [0.25, 0.3) is 0 Å². The summed E-state index contributed by atoms with van der Waals surface area (Å²) < 4.78 is 5.25. The largest absolute Gasteiger partial charge is 0.442 e. The van der Waals surface area contributed by atoms with Gasteiger partial charge in [-0.3, -0.25) is 0 Å². The molecular weight excluding hydrogens is 232 g/mol. The molecule has 0 spiro atoms. The monoisotopic (exact) mass is 236 g/mol. The quantitative estimate of drug-likeness (QED) is 0.847. The lowest BCUT2D eigenvalue weighted by Gasteiger charge is -1.94. The maximum absolute atomic E-state index is 10.1. The predicted octanol–water partition coefficient (Wildman–Crippen LogP) is 1.50. The Balaban J connectivity index is 2.45. The van der Waals surface area contributed by atoms with Gasteiger partial charge in [-0.05, 0) is 15.9 Å². The number of hydrogen-bond acceptors (Lipinski definition) is 4. The zero-order chi connectivity index (χ0) is 8.27. The Morgan fingerprint density at radius 3 is 3.09 bits per heavy atom. The minimum atomic E-state index is -0.781. The maximum atomic E-state index is 10.1. The second-order valence-corrected chi connectivity index (χ2v) is 3.43. The number of carbonyl (C=O) groups is 1.